The molecule has 0 spiro atoms. The Hall–Kier alpha value is -3.57. The molecule has 3 aromatic carbocycles. The standard InChI is InChI=1S/C34H44N2O7Si/c1-33(2,3)43-32(38)35-22-31(30(37)21-25-15-13-14-20-29(25)36(39)40)41-23-26(35)24-42-44(34(4,5)6,27-16-9-7-10-17-27)28-18-11-8-12-19-28/h7-20,26,30-31,37H,21-24H2,1-6H3/t26-,30?,31-/m0/s1. The Morgan fingerprint density at radius 2 is 1.52 bits per heavy atom. The van der Waals surface area contributed by atoms with Gasteiger partial charge >= 0.3 is 6.09 Å². The summed E-state index contributed by atoms with van der Waals surface area (Å²) in [6.07, 6.45) is -2.38. The summed E-state index contributed by atoms with van der Waals surface area (Å²) in [6.45, 7) is 12.3. The molecule has 0 aromatic heterocycles. The first-order valence-corrected chi connectivity index (χ1v) is 16.9. The molecule has 4 rings (SSSR count). The molecule has 1 amide bonds. The molecule has 1 aliphatic heterocycles. The number of ether oxygens (including phenoxy) is 2. The number of hydrogen-bond acceptors (Lipinski definition) is 7. The molecule has 1 unspecified atom stereocenters. The number of nitro benzene ring substituents is 1. The molecule has 0 radical (unpaired) electrons. The van der Waals surface area contributed by atoms with E-state index in [-0.39, 0.29) is 36.9 Å². The Bertz CT molecular complexity index is 1370. The van der Waals surface area contributed by atoms with Crippen LogP contribution in [0.2, 0.25) is 5.04 Å². The minimum absolute atomic E-state index is 0.00715. The summed E-state index contributed by atoms with van der Waals surface area (Å²) in [6, 6.07) is 26.4. The highest BCUT2D eigenvalue weighted by atomic mass is 28.4. The molecule has 236 valence electrons. The van der Waals surface area contributed by atoms with Crippen LogP contribution >= 0.6 is 0 Å². The number of nitrogens with zero attached hydrogens (tertiary/aromatic N) is 2. The lowest BCUT2D eigenvalue weighted by atomic mass is 10.0. The number of morpholine rings is 1. The van der Waals surface area contributed by atoms with Crippen LogP contribution < -0.4 is 10.4 Å². The first kappa shape index (κ1) is 33.3. The number of benzene rings is 3. The molecule has 1 aliphatic rings. The molecule has 0 saturated carbocycles. The van der Waals surface area contributed by atoms with Gasteiger partial charge in [0, 0.05) is 18.1 Å². The average molecular weight is 621 g/mol. The van der Waals surface area contributed by atoms with Gasteiger partial charge in [0.2, 0.25) is 0 Å². The second-order valence-electron chi connectivity index (χ2n) is 13.3. The fourth-order valence-corrected chi connectivity index (χ4v) is 10.4. The number of hydrogen-bond donors (Lipinski definition) is 1. The van der Waals surface area contributed by atoms with E-state index in [0.717, 1.165) is 10.4 Å². The van der Waals surface area contributed by atoms with E-state index in [1.54, 1.807) is 43.9 Å². The highest BCUT2D eigenvalue weighted by molar-refractivity contribution is 6.99. The highest BCUT2D eigenvalue weighted by Crippen LogP contribution is 2.37. The van der Waals surface area contributed by atoms with Gasteiger partial charge in [0.05, 0.1) is 36.8 Å². The Kier molecular flexibility index (Phi) is 10.3. The summed E-state index contributed by atoms with van der Waals surface area (Å²) in [7, 11) is -2.90. The number of rotatable bonds is 9. The first-order chi connectivity index (χ1) is 20.7. The number of carbonyl (C=O) groups excluding carboxylic acids is 1. The molecule has 3 aromatic rings. The maximum atomic E-state index is 13.6. The molecule has 3 atom stereocenters. The topological polar surface area (TPSA) is 111 Å². The Labute approximate surface area is 261 Å². The van der Waals surface area contributed by atoms with Gasteiger partial charge in [-0.2, -0.15) is 0 Å². The van der Waals surface area contributed by atoms with Crippen LogP contribution in [0.15, 0.2) is 84.9 Å². The predicted octanol–water partition coefficient (Wildman–Crippen LogP) is 5.08. The molecule has 9 nitrogen and oxygen atoms in total. The van der Waals surface area contributed by atoms with E-state index in [0.29, 0.717) is 5.56 Å². The van der Waals surface area contributed by atoms with Crippen molar-refractivity contribution < 1.29 is 28.7 Å². The van der Waals surface area contributed by atoms with Crippen LogP contribution in [0.4, 0.5) is 10.5 Å². The average Bonchev–Trinajstić information content (AvgIpc) is 2.97. The fourth-order valence-electron chi connectivity index (χ4n) is 5.84. The fraction of sp³-hybridized carbons (Fsp3) is 0.441. The van der Waals surface area contributed by atoms with Crippen molar-refractivity contribution in [3.8, 4) is 0 Å². The van der Waals surface area contributed by atoms with E-state index in [1.807, 2.05) is 36.4 Å². The molecule has 10 heteroatoms. The quantitative estimate of drug-likeness (QED) is 0.202. The van der Waals surface area contributed by atoms with Crippen LogP contribution in [0.25, 0.3) is 0 Å². The third kappa shape index (κ3) is 7.55. The Balaban J connectivity index is 1.63. The number of nitro groups is 1. The summed E-state index contributed by atoms with van der Waals surface area (Å²) in [5, 5.41) is 24.7. The normalized spacial score (nSPS) is 18.5. The van der Waals surface area contributed by atoms with Crippen molar-refractivity contribution >= 4 is 30.5 Å². The minimum atomic E-state index is -2.90. The number of carbonyl (C=O) groups is 1. The second-order valence-corrected chi connectivity index (χ2v) is 17.6. The Morgan fingerprint density at radius 3 is 2.05 bits per heavy atom. The maximum Gasteiger partial charge on any atom is 0.410 e. The summed E-state index contributed by atoms with van der Waals surface area (Å²) < 4.78 is 19.1. The number of para-hydroxylation sites is 1. The molecule has 1 fully saturated rings. The molecule has 1 saturated heterocycles. The van der Waals surface area contributed by atoms with Crippen LogP contribution in [-0.2, 0) is 20.3 Å². The third-order valence-electron chi connectivity index (χ3n) is 7.90. The van der Waals surface area contributed by atoms with E-state index in [4.69, 9.17) is 13.9 Å². The van der Waals surface area contributed by atoms with Crippen molar-refractivity contribution in [1.82, 2.24) is 4.90 Å². The predicted molar refractivity (Wildman–Crippen MR) is 173 cm³/mol. The van der Waals surface area contributed by atoms with E-state index in [9.17, 15) is 20.0 Å². The molecular formula is C34H44N2O7Si. The van der Waals surface area contributed by atoms with Gasteiger partial charge in [-0.1, -0.05) is 99.6 Å². The maximum absolute atomic E-state index is 13.6. The zero-order valence-corrected chi connectivity index (χ0v) is 27.4. The van der Waals surface area contributed by atoms with Crippen molar-refractivity contribution in [3.05, 3.63) is 101 Å². The van der Waals surface area contributed by atoms with E-state index in [2.05, 4.69) is 45.0 Å². The number of aliphatic hydroxyl groups excluding tert-OH is 1. The van der Waals surface area contributed by atoms with Gasteiger partial charge in [0.15, 0.2) is 0 Å². The van der Waals surface area contributed by atoms with Gasteiger partial charge in [-0.15, -0.1) is 0 Å². The Morgan fingerprint density at radius 1 is 0.977 bits per heavy atom. The summed E-state index contributed by atoms with van der Waals surface area (Å²) in [4.78, 5) is 26.2. The lowest BCUT2D eigenvalue weighted by molar-refractivity contribution is -0.385. The largest absolute Gasteiger partial charge is 0.444 e. The van der Waals surface area contributed by atoms with Crippen LogP contribution in [0.1, 0.15) is 47.1 Å². The third-order valence-corrected chi connectivity index (χ3v) is 12.9. The van der Waals surface area contributed by atoms with Crippen molar-refractivity contribution in [1.29, 1.82) is 0 Å². The monoisotopic (exact) mass is 620 g/mol. The van der Waals surface area contributed by atoms with Crippen LogP contribution in [-0.4, -0.2) is 72.9 Å². The lowest BCUT2D eigenvalue weighted by Gasteiger charge is -2.46. The molecule has 1 N–H and O–H groups in total. The second kappa shape index (κ2) is 13.6. The van der Waals surface area contributed by atoms with Crippen molar-refractivity contribution in [2.24, 2.45) is 0 Å². The van der Waals surface area contributed by atoms with Crippen molar-refractivity contribution in [3.63, 3.8) is 0 Å². The molecule has 1 heterocycles. The summed E-state index contributed by atoms with van der Waals surface area (Å²) in [5.74, 6) is 0. The molecule has 0 aliphatic carbocycles. The molecule has 0 bridgehead atoms. The van der Waals surface area contributed by atoms with Crippen molar-refractivity contribution in [2.45, 2.75) is 76.9 Å². The van der Waals surface area contributed by atoms with Crippen LogP contribution in [0, 0.1) is 10.1 Å². The lowest BCUT2D eigenvalue weighted by Crippen LogP contribution is -2.68. The van der Waals surface area contributed by atoms with Gasteiger partial charge in [0.1, 0.15) is 11.7 Å². The van der Waals surface area contributed by atoms with E-state index < -0.39 is 43.2 Å². The van der Waals surface area contributed by atoms with Gasteiger partial charge in [-0.05, 0) is 36.2 Å². The van der Waals surface area contributed by atoms with Crippen LogP contribution in [0.5, 0.6) is 0 Å². The summed E-state index contributed by atoms with van der Waals surface area (Å²) >= 11 is 0. The molecule has 44 heavy (non-hydrogen) atoms. The number of aliphatic hydroxyl groups is 1. The molecular weight excluding hydrogens is 576 g/mol. The van der Waals surface area contributed by atoms with Gasteiger partial charge in [0.25, 0.3) is 14.0 Å². The number of amides is 1. The van der Waals surface area contributed by atoms with Gasteiger partial charge in [-0.25, -0.2) is 4.79 Å². The first-order valence-electron chi connectivity index (χ1n) is 15.0. The van der Waals surface area contributed by atoms with Crippen LogP contribution in [0.3, 0.4) is 0 Å². The minimum Gasteiger partial charge on any atom is -0.444 e. The highest BCUT2D eigenvalue weighted by Gasteiger charge is 2.51. The van der Waals surface area contributed by atoms with Crippen molar-refractivity contribution in [2.75, 3.05) is 19.8 Å². The smallest absolute Gasteiger partial charge is 0.410 e. The summed E-state index contributed by atoms with van der Waals surface area (Å²) in [5.41, 5.74) is -0.408. The zero-order valence-electron chi connectivity index (χ0n) is 26.4. The van der Waals surface area contributed by atoms with E-state index in [1.165, 1.54) is 6.07 Å². The van der Waals surface area contributed by atoms with Gasteiger partial charge < -0.3 is 19.0 Å². The van der Waals surface area contributed by atoms with E-state index >= 15 is 0 Å². The van der Waals surface area contributed by atoms with Gasteiger partial charge in [-0.3, -0.25) is 15.0 Å². The zero-order chi connectivity index (χ0) is 32.1. The SMILES string of the molecule is CC(C)(C)OC(=O)N1C[C@@H](C(O)Cc2ccccc2[N+](=O)[O-])OC[C@H]1CO[Si](c1ccccc1)(c1ccccc1)C(C)(C)C.